The van der Waals surface area contributed by atoms with E-state index >= 15 is 0 Å². The molecular weight excluding hydrogens is 246 g/mol. The predicted octanol–water partition coefficient (Wildman–Crippen LogP) is 2.41. The third kappa shape index (κ3) is 1.77. The van der Waals surface area contributed by atoms with Crippen molar-refractivity contribution in [2.75, 3.05) is 0 Å². The van der Waals surface area contributed by atoms with E-state index in [1.54, 1.807) is 16.8 Å². The minimum atomic E-state index is -1.00. The number of aromatic carboxylic acids is 1. The monoisotopic (exact) mass is 257 g/mol. The summed E-state index contributed by atoms with van der Waals surface area (Å²) >= 11 is 0. The molecule has 6 nitrogen and oxygen atoms in total. The van der Waals surface area contributed by atoms with E-state index in [0.29, 0.717) is 29.0 Å². The van der Waals surface area contributed by atoms with Crippen molar-refractivity contribution in [2.24, 2.45) is 0 Å². The Labute approximate surface area is 108 Å². The molecule has 0 spiro atoms. The Morgan fingerprint density at radius 2 is 2.37 bits per heavy atom. The zero-order valence-electron chi connectivity index (χ0n) is 10.2. The number of aromatic nitrogens is 3. The molecule has 0 aliphatic heterocycles. The average Bonchev–Trinajstić information content (AvgIpc) is 3.06. The molecule has 0 fully saturated rings. The molecule has 0 amide bonds. The van der Waals surface area contributed by atoms with Gasteiger partial charge in [-0.15, -0.1) is 0 Å². The standard InChI is InChI=1S/C13H11N3O3/c1-2-16-12-9(7-14-16)8(13(17)18)6-10(15-12)11-4-3-5-19-11/h3-7H,2H2,1H3,(H,17,18). The van der Waals surface area contributed by atoms with Crippen molar-refractivity contribution in [3.63, 3.8) is 0 Å². The molecule has 3 aromatic rings. The highest BCUT2D eigenvalue weighted by atomic mass is 16.4. The summed E-state index contributed by atoms with van der Waals surface area (Å²) < 4.78 is 6.93. The first-order valence-corrected chi connectivity index (χ1v) is 5.84. The first kappa shape index (κ1) is 11.5. The number of rotatable bonds is 3. The fourth-order valence-corrected chi connectivity index (χ4v) is 2.01. The number of nitrogens with zero attached hydrogens (tertiary/aromatic N) is 3. The van der Waals surface area contributed by atoms with Crippen LogP contribution in [-0.4, -0.2) is 25.8 Å². The van der Waals surface area contributed by atoms with Gasteiger partial charge in [-0.25, -0.2) is 14.5 Å². The lowest BCUT2D eigenvalue weighted by molar-refractivity contribution is 0.0699. The van der Waals surface area contributed by atoms with Gasteiger partial charge in [-0.1, -0.05) is 0 Å². The molecule has 0 bridgehead atoms. The summed E-state index contributed by atoms with van der Waals surface area (Å²) in [5, 5.41) is 14.0. The second-order valence-electron chi connectivity index (χ2n) is 4.04. The van der Waals surface area contributed by atoms with E-state index in [1.165, 1.54) is 18.5 Å². The van der Waals surface area contributed by atoms with Gasteiger partial charge in [0.15, 0.2) is 11.4 Å². The van der Waals surface area contributed by atoms with Crippen LogP contribution in [0.4, 0.5) is 0 Å². The summed E-state index contributed by atoms with van der Waals surface area (Å²) in [6, 6.07) is 4.98. The maximum Gasteiger partial charge on any atom is 0.336 e. The van der Waals surface area contributed by atoms with E-state index in [-0.39, 0.29) is 5.56 Å². The summed E-state index contributed by atoms with van der Waals surface area (Å²) in [6.45, 7) is 2.55. The molecule has 3 aromatic heterocycles. The lowest BCUT2D eigenvalue weighted by atomic mass is 10.1. The Morgan fingerprint density at radius 3 is 3.00 bits per heavy atom. The molecule has 96 valence electrons. The van der Waals surface area contributed by atoms with Crippen molar-refractivity contribution >= 4 is 17.0 Å². The van der Waals surface area contributed by atoms with Crippen LogP contribution in [0.3, 0.4) is 0 Å². The largest absolute Gasteiger partial charge is 0.478 e. The summed E-state index contributed by atoms with van der Waals surface area (Å²) in [7, 11) is 0. The highest BCUT2D eigenvalue weighted by Crippen LogP contribution is 2.25. The second kappa shape index (κ2) is 4.24. The third-order valence-corrected chi connectivity index (χ3v) is 2.91. The molecule has 0 atom stereocenters. The van der Waals surface area contributed by atoms with Gasteiger partial charge in [0.05, 0.1) is 23.4 Å². The fraction of sp³-hybridized carbons (Fsp3) is 0.154. The van der Waals surface area contributed by atoms with Crippen molar-refractivity contribution in [3.8, 4) is 11.5 Å². The number of aryl methyl sites for hydroxylation is 1. The Hall–Kier alpha value is -2.63. The number of carboxylic acid groups (broad SMARTS) is 1. The Morgan fingerprint density at radius 1 is 1.53 bits per heavy atom. The summed E-state index contributed by atoms with van der Waals surface area (Å²) in [5.74, 6) is -0.468. The van der Waals surface area contributed by atoms with Crippen LogP contribution in [0, 0.1) is 0 Å². The zero-order valence-corrected chi connectivity index (χ0v) is 10.2. The fourth-order valence-electron chi connectivity index (χ4n) is 2.01. The number of carboxylic acids is 1. The van der Waals surface area contributed by atoms with Crippen LogP contribution in [0.2, 0.25) is 0 Å². The van der Waals surface area contributed by atoms with Crippen LogP contribution < -0.4 is 0 Å². The van der Waals surface area contributed by atoms with Gasteiger partial charge in [0.2, 0.25) is 0 Å². The van der Waals surface area contributed by atoms with Gasteiger partial charge in [-0.05, 0) is 25.1 Å². The average molecular weight is 257 g/mol. The van der Waals surface area contributed by atoms with Crippen molar-refractivity contribution in [1.82, 2.24) is 14.8 Å². The summed E-state index contributed by atoms with van der Waals surface area (Å²) in [4.78, 5) is 15.8. The van der Waals surface area contributed by atoms with Crippen molar-refractivity contribution in [1.29, 1.82) is 0 Å². The molecule has 0 aromatic carbocycles. The summed E-state index contributed by atoms with van der Waals surface area (Å²) in [5.41, 5.74) is 1.22. The smallest absolute Gasteiger partial charge is 0.336 e. The number of furan rings is 1. The van der Waals surface area contributed by atoms with Gasteiger partial charge in [-0.2, -0.15) is 5.10 Å². The van der Waals surface area contributed by atoms with Crippen LogP contribution in [-0.2, 0) is 6.54 Å². The number of carbonyl (C=O) groups is 1. The summed E-state index contributed by atoms with van der Waals surface area (Å²) in [6.07, 6.45) is 3.06. The van der Waals surface area contributed by atoms with E-state index in [4.69, 9.17) is 4.42 Å². The second-order valence-corrected chi connectivity index (χ2v) is 4.04. The molecule has 0 aliphatic carbocycles. The number of pyridine rings is 1. The number of hydrogen-bond acceptors (Lipinski definition) is 4. The molecule has 0 aliphatic rings. The Balaban J connectivity index is 2.33. The Kier molecular flexibility index (Phi) is 2.56. The van der Waals surface area contributed by atoms with Gasteiger partial charge >= 0.3 is 5.97 Å². The molecule has 19 heavy (non-hydrogen) atoms. The minimum Gasteiger partial charge on any atom is -0.478 e. The molecule has 0 radical (unpaired) electrons. The molecule has 3 heterocycles. The van der Waals surface area contributed by atoms with Crippen molar-refractivity contribution in [3.05, 3.63) is 36.2 Å². The molecule has 6 heteroatoms. The lowest BCUT2D eigenvalue weighted by Gasteiger charge is -2.03. The highest BCUT2D eigenvalue weighted by molar-refractivity contribution is 6.02. The lowest BCUT2D eigenvalue weighted by Crippen LogP contribution is -2.02. The van der Waals surface area contributed by atoms with E-state index in [0.717, 1.165) is 0 Å². The van der Waals surface area contributed by atoms with Crippen LogP contribution in [0.15, 0.2) is 35.1 Å². The SMILES string of the molecule is CCn1ncc2c(C(=O)O)cc(-c3ccco3)nc21. The van der Waals surface area contributed by atoms with Crippen molar-refractivity contribution < 1.29 is 14.3 Å². The molecule has 0 unspecified atom stereocenters. The maximum atomic E-state index is 11.3. The van der Waals surface area contributed by atoms with Crippen molar-refractivity contribution in [2.45, 2.75) is 13.5 Å². The van der Waals surface area contributed by atoms with E-state index in [9.17, 15) is 9.90 Å². The minimum absolute atomic E-state index is 0.177. The van der Waals surface area contributed by atoms with Crippen LogP contribution in [0.1, 0.15) is 17.3 Å². The van der Waals surface area contributed by atoms with E-state index < -0.39 is 5.97 Å². The molecular formula is C13H11N3O3. The van der Waals surface area contributed by atoms with Gasteiger partial charge in [0, 0.05) is 6.54 Å². The first-order chi connectivity index (χ1) is 9.20. The first-order valence-electron chi connectivity index (χ1n) is 5.84. The highest BCUT2D eigenvalue weighted by Gasteiger charge is 2.17. The molecule has 3 rings (SSSR count). The predicted molar refractivity (Wildman–Crippen MR) is 67.9 cm³/mol. The van der Waals surface area contributed by atoms with E-state index in [2.05, 4.69) is 10.1 Å². The van der Waals surface area contributed by atoms with Gasteiger partial charge < -0.3 is 9.52 Å². The van der Waals surface area contributed by atoms with Gasteiger partial charge in [-0.3, -0.25) is 0 Å². The quantitative estimate of drug-likeness (QED) is 0.779. The van der Waals surface area contributed by atoms with Crippen LogP contribution in [0.5, 0.6) is 0 Å². The molecule has 0 saturated carbocycles. The zero-order chi connectivity index (χ0) is 13.4. The van der Waals surface area contributed by atoms with Crippen LogP contribution >= 0.6 is 0 Å². The van der Waals surface area contributed by atoms with Gasteiger partial charge in [0.25, 0.3) is 0 Å². The van der Waals surface area contributed by atoms with E-state index in [1.807, 2.05) is 6.92 Å². The normalized spacial score (nSPS) is 11.0. The molecule has 0 saturated heterocycles. The third-order valence-electron chi connectivity index (χ3n) is 2.91. The topological polar surface area (TPSA) is 81.2 Å². The number of fused-ring (bicyclic) bond motifs is 1. The molecule has 1 N–H and O–H groups in total. The van der Waals surface area contributed by atoms with Crippen LogP contribution in [0.25, 0.3) is 22.5 Å². The Bertz CT molecular complexity index is 744. The van der Waals surface area contributed by atoms with Gasteiger partial charge in [0.1, 0.15) is 5.69 Å². The number of hydrogen-bond donors (Lipinski definition) is 1. The maximum absolute atomic E-state index is 11.3.